The largest absolute Gasteiger partial charge is 0.467 e. The van der Waals surface area contributed by atoms with Crippen LogP contribution in [-0.4, -0.2) is 41.0 Å². The third-order valence-corrected chi connectivity index (χ3v) is 3.42. The number of imidazole rings is 1. The second-order valence-electron chi connectivity index (χ2n) is 5.16. The first-order valence-electron chi connectivity index (χ1n) is 7.25. The maximum Gasteiger partial charge on any atom is 0.328 e. The highest BCUT2D eigenvalue weighted by molar-refractivity contribution is 5.87. The molecule has 4 N–H and O–H groups in total. The summed E-state index contributed by atoms with van der Waals surface area (Å²) in [4.78, 5) is 30.9. The van der Waals surface area contributed by atoms with Crippen LogP contribution in [0.15, 0.2) is 42.9 Å². The first-order chi connectivity index (χ1) is 11.1. The van der Waals surface area contributed by atoms with Gasteiger partial charge in [-0.05, 0) is 5.56 Å². The second kappa shape index (κ2) is 8.09. The second-order valence-corrected chi connectivity index (χ2v) is 5.16. The van der Waals surface area contributed by atoms with Gasteiger partial charge in [-0.25, -0.2) is 9.78 Å². The number of aromatic amines is 1. The molecule has 23 heavy (non-hydrogen) atoms. The SMILES string of the molecule is COC(=O)[C@H](Cc1ccccc1)NC(=O)[C@@H](N)Cc1cnc[nH]1. The predicted molar refractivity (Wildman–Crippen MR) is 84.4 cm³/mol. The lowest BCUT2D eigenvalue weighted by Gasteiger charge is -2.19. The quantitative estimate of drug-likeness (QED) is 0.631. The summed E-state index contributed by atoms with van der Waals surface area (Å²) in [6.45, 7) is 0. The molecule has 0 aliphatic rings. The third kappa shape index (κ3) is 4.93. The molecule has 7 nitrogen and oxygen atoms in total. The Kier molecular flexibility index (Phi) is 5.87. The number of hydrogen-bond donors (Lipinski definition) is 3. The van der Waals surface area contributed by atoms with Gasteiger partial charge >= 0.3 is 5.97 Å². The molecule has 1 aromatic carbocycles. The van der Waals surface area contributed by atoms with Gasteiger partial charge in [-0.15, -0.1) is 0 Å². The summed E-state index contributed by atoms with van der Waals surface area (Å²) < 4.78 is 4.76. The Bertz CT molecular complexity index is 628. The average molecular weight is 316 g/mol. The molecule has 2 atom stereocenters. The Hall–Kier alpha value is -2.67. The highest BCUT2D eigenvalue weighted by Gasteiger charge is 2.25. The van der Waals surface area contributed by atoms with Gasteiger partial charge in [-0.3, -0.25) is 4.79 Å². The number of methoxy groups -OCH3 is 1. The van der Waals surface area contributed by atoms with Crippen LogP contribution in [0.25, 0.3) is 0 Å². The van der Waals surface area contributed by atoms with E-state index in [9.17, 15) is 9.59 Å². The minimum absolute atomic E-state index is 0.311. The summed E-state index contributed by atoms with van der Waals surface area (Å²) in [6, 6.07) is 7.83. The van der Waals surface area contributed by atoms with Crippen molar-refractivity contribution in [3.8, 4) is 0 Å². The number of hydrogen-bond acceptors (Lipinski definition) is 5. The van der Waals surface area contributed by atoms with E-state index in [0.29, 0.717) is 12.8 Å². The number of benzene rings is 1. The molecule has 1 heterocycles. The summed E-state index contributed by atoms with van der Waals surface area (Å²) in [7, 11) is 1.29. The van der Waals surface area contributed by atoms with E-state index in [2.05, 4.69) is 15.3 Å². The van der Waals surface area contributed by atoms with Crippen LogP contribution in [0.2, 0.25) is 0 Å². The van der Waals surface area contributed by atoms with Crippen molar-refractivity contribution < 1.29 is 14.3 Å². The topological polar surface area (TPSA) is 110 Å². The monoisotopic (exact) mass is 316 g/mol. The molecule has 1 aromatic heterocycles. The van der Waals surface area contributed by atoms with E-state index in [4.69, 9.17) is 10.5 Å². The summed E-state index contributed by atoms with van der Waals surface area (Å²) in [5, 5.41) is 2.66. The van der Waals surface area contributed by atoms with Gasteiger partial charge in [-0.1, -0.05) is 30.3 Å². The number of carbonyl (C=O) groups is 2. The molecule has 122 valence electrons. The molecule has 7 heteroatoms. The Morgan fingerprint density at radius 3 is 2.65 bits per heavy atom. The maximum atomic E-state index is 12.2. The molecule has 2 rings (SSSR count). The normalized spacial score (nSPS) is 13.1. The first-order valence-corrected chi connectivity index (χ1v) is 7.25. The van der Waals surface area contributed by atoms with Crippen LogP contribution in [0.1, 0.15) is 11.3 Å². The zero-order chi connectivity index (χ0) is 16.7. The Morgan fingerprint density at radius 2 is 2.04 bits per heavy atom. The van der Waals surface area contributed by atoms with Gasteiger partial charge in [0.1, 0.15) is 6.04 Å². The Morgan fingerprint density at radius 1 is 1.30 bits per heavy atom. The van der Waals surface area contributed by atoms with Crippen molar-refractivity contribution in [2.75, 3.05) is 7.11 Å². The lowest BCUT2D eigenvalue weighted by molar-refractivity contribution is -0.145. The molecule has 0 unspecified atom stereocenters. The standard InChI is InChI=1S/C16H20N4O3/c1-23-16(22)14(7-11-5-3-2-4-6-11)20-15(21)13(17)8-12-9-18-10-19-12/h2-6,9-10,13-14H,7-8,17H2,1H3,(H,18,19)(H,20,21)/t13-,14-/m0/s1. The predicted octanol–water partition coefficient (Wildman–Crippen LogP) is 0.180. The summed E-state index contributed by atoms with van der Waals surface area (Å²) in [5.41, 5.74) is 7.56. The number of amides is 1. The van der Waals surface area contributed by atoms with Gasteiger partial charge in [-0.2, -0.15) is 0 Å². The zero-order valence-corrected chi connectivity index (χ0v) is 12.9. The molecule has 1 amide bonds. The van der Waals surface area contributed by atoms with Crippen molar-refractivity contribution >= 4 is 11.9 Å². The van der Waals surface area contributed by atoms with Gasteiger partial charge in [0.15, 0.2) is 0 Å². The summed E-state index contributed by atoms with van der Waals surface area (Å²) >= 11 is 0. The molecule has 0 bridgehead atoms. The van der Waals surface area contributed by atoms with Crippen LogP contribution >= 0.6 is 0 Å². The summed E-state index contributed by atoms with van der Waals surface area (Å²) in [5.74, 6) is -0.915. The number of aromatic nitrogens is 2. The number of rotatable bonds is 7. The molecular formula is C16H20N4O3. The Labute approximate surface area is 134 Å². The van der Waals surface area contributed by atoms with Crippen molar-refractivity contribution in [2.45, 2.75) is 24.9 Å². The van der Waals surface area contributed by atoms with E-state index < -0.39 is 24.0 Å². The van der Waals surface area contributed by atoms with Crippen molar-refractivity contribution in [1.29, 1.82) is 0 Å². The number of nitrogens with zero attached hydrogens (tertiary/aromatic N) is 1. The van der Waals surface area contributed by atoms with E-state index in [1.165, 1.54) is 13.4 Å². The van der Waals surface area contributed by atoms with Crippen molar-refractivity contribution in [3.63, 3.8) is 0 Å². The van der Waals surface area contributed by atoms with Crippen LogP contribution in [-0.2, 0) is 27.2 Å². The van der Waals surface area contributed by atoms with Crippen molar-refractivity contribution in [2.24, 2.45) is 5.73 Å². The van der Waals surface area contributed by atoms with Gasteiger partial charge < -0.3 is 20.8 Å². The molecule has 0 spiro atoms. The van der Waals surface area contributed by atoms with Crippen LogP contribution in [0.3, 0.4) is 0 Å². The third-order valence-electron chi connectivity index (χ3n) is 3.42. The minimum Gasteiger partial charge on any atom is -0.467 e. The van der Waals surface area contributed by atoms with Crippen LogP contribution in [0, 0.1) is 0 Å². The Balaban J connectivity index is 1.99. The fourth-order valence-electron chi connectivity index (χ4n) is 2.19. The number of ether oxygens (including phenoxy) is 1. The lowest BCUT2D eigenvalue weighted by atomic mass is 10.0. The molecule has 0 aliphatic carbocycles. The number of nitrogens with one attached hydrogen (secondary N) is 2. The summed E-state index contributed by atoms with van der Waals surface area (Å²) in [6.07, 6.45) is 3.78. The smallest absolute Gasteiger partial charge is 0.328 e. The van der Waals surface area contributed by atoms with Gasteiger partial charge in [0.25, 0.3) is 0 Å². The van der Waals surface area contributed by atoms with Crippen LogP contribution in [0.5, 0.6) is 0 Å². The number of esters is 1. The van der Waals surface area contributed by atoms with E-state index in [-0.39, 0.29) is 0 Å². The number of H-pyrrole nitrogens is 1. The average Bonchev–Trinajstić information content (AvgIpc) is 3.07. The van der Waals surface area contributed by atoms with Crippen LogP contribution < -0.4 is 11.1 Å². The first kappa shape index (κ1) is 16.7. The van der Waals surface area contributed by atoms with Crippen LogP contribution in [0.4, 0.5) is 0 Å². The van der Waals surface area contributed by atoms with E-state index >= 15 is 0 Å². The fraction of sp³-hybridized carbons (Fsp3) is 0.312. The highest BCUT2D eigenvalue weighted by atomic mass is 16.5. The van der Waals surface area contributed by atoms with Gasteiger partial charge in [0.2, 0.25) is 5.91 Å². The molecule has 0 saturated carbocycles. The molecule has 2 aromatic rings. The van der Waals surface area contributed by atoms with E-state index in [1.807, 2.05) is 30.3 Å². The number of nitrogens with two attached hydrogens (primary N) is 1. The lowest BCUT2D eigenvalue weighted by Crippen LogP contribution is -2.50. The zero-order valence-electron chi connectivity index (χ0n) is 12.9. The van der Waals surface area contributed by atoms with Crippen molar-refractivity contribution in [1.82, 2.24) is 15.3 Å². The molecular weight excluding hydrogens is 296 g/mol. The number of carbonyl (C=O) groups excluding carboxylic acids is 2. The molecule has 0 fully saturated rings. The highest BCUT2D eigenvalue weighted by Crippen LogP contribution is 2.05. The van der Waals surface area contributed by atoms with Gasteiger partial charge in [0.05, 0.1) is 19.5 Å². The molecule has 0 saturated heterocycles. The fourth-order valence-corrected chi connectivity index (χ4v) is 2.19. The van der Waals surface area contributed by atoms with Crippen molar-refractivity contribution in [3.05, 3.63) is 54.1 Å². The van der Waals surface area contributed by atoms with Gasteiger partial charge in [0, 0.05) is 24.7 Å². The minimum atomic E-state index is -0.779. The van der Waals surface area contributed by atoms with E-state index in [0.717, 1.165) is 11.3 Å². The molecule has 0 aliphatic heterocycles. The van der Waals surface area contributed by atoms with E-state index in [1.54, 1.807) is 6.20 Å². The maximum absolute atomic E-state index is 12.2. The molecule has 0 radical (unpaired) electrons.